The quantitative estimate of drug-likeness (QED) is 0.691. The van der Waals surface area contributed by atoms with Gasteiger partial charge in [-0.3, -0.25) is 4.68 Å². The predicted molar refractivity (Wildman–Crippen MR) is 50.8 cm³/mol. The van der Waals surface area contributed by atoms with Crippen LogP contribution in [0.3, 0.4) is 0 Å². The minimum atomic E-state index is -0.543. The van der Waals surface area contributed by atoms with Crippen molar-refractivity contribution in [2.24, 2.45) is 7.05 Å². The first-order valence-electron chi connectivity index (χ1n) is 4.08. The lowest BCUT2D eigenvalue weighted by molar-refractivity contribution is 0.586. The summed E-state index contributed by atoms with van der Waals surface area (Å²) in [6, 6.07) is 2.72. The Bertz CT molecular complexity index is 464. The van der Waals surface area contributed by atoms with E-state index in [0.717, 1.165) is 0 Å². The van der Waals surface area contributed by atoms with Crippen molar-refractivity contribution in [2.75, 3.05) is 5.73 Å². The monoisotopic (exact) mass is 192 g/mol. The highest BCUT2D eigenvalue weighted by atomic mass is 19.1. The SMILES string of the molecule is Cn1cc(-c2nc(F)ccc2N)cn1. The summed E-state index contributed by atoms with van der Waals surface area (Å²) in [7, 11) is 1.78. The molecule has 2 aromatic rings. The van der Waals surface area contributed by atoms with Crippen molar-refractivity contribution in [1.82, 2.24) is 14.8 Å². The summed E-state index contributed by atoms with van der Waals surface area (Å²) >= 11 is 0. The molecule has 0 aliphatic rings. The maximum atomic E-state index is 12.8. The Morgan fingerprint density at radius 1 is 1.43 bits per heavy atom. The second kappa shape index (κ2) is 3.10. The molecule has 0 unspecified atom stereocenters. The molecule has 14 heavy (non-hydrogen) atoms. The van der Waals surface area contributed by atoms with Gasteiger partial charge in [-0.15, -0.1) is 0 Å². The highest BCUT2D eigenvalue weighted by molar-refractivity contribution is 5.70. The summed E-state index contributed by atoms with van der Waals surface area (Å²) in [6.07, 6.45) is 3.33. The van der Waals surface area contributed by atoms with Gasteiger partial charge in [-0.1, -0.05) is 0 Å². The zero-order valence-corrected chi connectivity index (χ0v) is 7.61. The van der Waals surface area contributed by atoms with E-state index in [1.807, 2.05) is 0 Å². The van der Waals surface area contributed by atoms with E-state index in [9.17, 15) is 4.39 Å². The fourth-order valence-corrected chi connectivity index (χ4v) is 1.22. The number of nitrogens with zero attached hydrogens (tertiary/aromatic N) is 3. The van der Waals surface area contributed by atoms with Crippen molar-refractivity contribution in [3.05, 3.63) is 30.5 Å². The molecule has 0 spiro atoms. The van der Waals surface area contributed by atoms with E-state index in [0.29, 0.717) is 16.9 Å². The van der Waals surface area contributed by atoms with Gasteiger partial charge in [-0.25, -0.2) is 4.98 Å². The smallest absolute Gasteiger partial charge is 0.213 e. The van der Waals surface area contributed by atoms with Crippen LogP contribution in [0.5, 0.6) is 0 Å². The van der Waals surface area contributed by atoms with Crippen LogP contribution in [0.25, 0.3) is 11.3 Å². The van der Waals surface area contributed by atoms with Crippen LogP contribution in [-0.2, 0) is 7.05 Å². The van der Waals surface area contributed by atoms with Crippen molar-refractivity contribution < 1.29 is 4.39 Å². The summed E-state index contributed by atoms with van der Waals surface area (Å²) < 4.78 is 14.5. The van der Waals surface area contributed by atoms with Gasteiger partial charge >= 0.3 is 0 Å². The molecule has 0 amide bonds. The molecule has 2 N–H and O–H groups in total. The van der Waals surface area contributed by atoms with E-state index in [2.05, 4.69) is 10.1 Å². The first-order valence-corrected chi connectivity index (χ1v) is 4.08. The Morgan fingerprint density at radius 2 is 2.21 bits per heavy atom. The van der Waals surface area contributed by atoms with E-state index in [1.165, 1.54) is 12.1 Å². The molecular weight excluding hydrogens is 183 g/mol. The number of pyridine rings is 1. The van der Waals surface area contributed by atoms with Crippen LogP contribution < -0.4 is 5.73 Å². The van der Waals surface area contributed by atoms with E-state index >= 15 is 0 Å². The Hall–Kier alpha value is -1.91. The molecule has 72 valence electrons. The fourth-order valence-electron chi connectivity index (χ4n) is 1.22. The molecule has 0 bridgehead atoms. The maximum absolute atomic E-state index is 12.8. The molecule has 0 radical (unpaired) electrons. The maximum Gasteiger partial charge on any atom is 0.213 e. The zero-order chi connectivity index (χ0) is 10.1. The van der Waals surface area contributed by atoms with Gasteiger partial charge in [-0.05, 0) is 12.1 Å². The van der Waals surface area contributed by atoms with Gasteiger partial charge in [0.15, 0.2) is 0 Å². The predicted octanol–water partition coefficient (Wildman–Crippen LogP) is 1.20. The molecule has 2 aromatic heterocycles. The Morgan fingerprint density at radius 3 is 2.86 bits per heavy atom. The third-order valence-electron chi connectivity index (χ3n) is 1.87. The van der Waals surface area contributed by atoms with E-state index < -0.39 is 5.95 Å². The summed E-state index contributed by atoms with van der Waals surface area (Å²) in [6.45, 7) is 0. The number of anilines is 1. The highest BCUT2D eigenvalue weighted by Gasteiger charge is 2.07. The van der Waals surface area contributed by atoms with Gasteiger partial charge in [-0.2, -0.15) is 9.49 Å². The number of hydrogen-bond donors (Lipinski definition) is 1. The lowest BCUT2D eigenvalue weighted by atomic mass is 10.2. The number of hydrogen-bond acceptors (Lipinski definition) is 3. The van der Waals surface area contributed by atoms with Crippen LogP contribution in [0, 0.1) is 5.95 Å². The molecule has 0 aliphatic heterocycles. The molecule has 4 nitrogen and oxygen atoms in total. The third kappa shape index (κ3) is 1.44. The summed E-state index contributed by atoms with van der Waals surface area (Å²) in [5.74, 6) is -0.543. The van der Waals surface area contributed by atoms with Crippen LogP contribution in [0.2, 0.25) is 0 Å². The van der Waals surface area contributed by atoms with Crippen LogP contribution in [-0.4, -0.2) is 14.8 Å². The molecule has 2 heterocycles. The summed E-state index contributed by atoms with van der Waals surface area (Å²) in [5.41, 5.74) is 7.25. The van der Waals surface area contributed by atoms with E-state index in [4.69, 9.17) is 5.73 Å². The minimum absolute atomic E-state index is 0.429. The number of halogens is 1. The van der Waals surface area contributed by atoms with E-state index in [1.54, 1.807) is 24.1 Å². The van der Waals surface area contributed by atoms with E-state index in [-0.39, 0.29) is 0 Å². The van der Waals surface area contributed by atoms with Gasteiger partial charge in [0.25, 0.3) is 0 Å². The Kier molecular flexibility index (Phi) is 1.92. The van der Waals surface area contributed by atoms with Crippen LogP contribution in [0.1, 0.15) is 0 Å². The molecule has 5 heteroatoms. The number of nitrogen functional groups attached to an aromatic ring is 1. The molecular formula is C9H9FN4. The zero-order valence-electron chi connectivity index (χ0n) is 7.61. The Balaban J connectivity index is 2.55. The van der Waals surface area contributed by atoms with Gasteiger partial charge in [0.1, 0.15) is 0 Å². The van der Waals surface area contributed by atoms with Crippen LogP contribution in [0.15, 0.2) is 24.5 Å². The largest absolute Gasteiger partial charge is 0.397 e. The molecule has 0 aliphatic carbocycles. The van der Waals surface area contributed by atoms with Crippen molar-refractivity contribution in [1.29, 1.82) is 0 Å². The summed E-state index contributed by atoms with van der Waals surface area (Å²) in [4.78, 5) is 3.71. The average molecular weight is 192 g/mol. The third-order valence-corrected chi connectivity index (χ3v) is 1.87. The number of rotatable bonds is 1. The van der Waals surface area contributed by atoms with Crippen LogP contribution in [0.4, 0.5) is 10.1 Å². The molecule has 0 fully saturated rings. The molecule has 2 rings (SSSR count). The normalized spacial score (nSPS) is 10.4. The summed E-state index contributed by atoms with van der Waals surface area (Å²) in [5, 5.41) is 3.96. The number of aromatic nitrogens is 3. The standard InChI is InChI=1S/C9H9FN4/c1-14-5-6(4-12-14)9-7(11)2-3-8(10)13-9/h2-5H,11H2,1H3. The average Bonchev–Trinajstić information content (AvgIpc) is 2.56. The number of nitrogens with two attached hydrogens (primary N) is 1. The fraction of sp³-hybridized carbons (Fsp3) is 0.111. The van der Waals surface area contributed by atoms with Crippen molar-refractivity contribution >= 4 is 5.69 Å². The van der Waals surface area contributed by atoms with Gasteiger partial charge in [0.05, 0.1) is 17.6 Å². The molecule has 0 atom stereocenters. The van der Waals surface area contributed by atoms with Crippen LogP contribution >= 0.6 is 0 Å². The lowest BCUT2D eigenvalue weighted by Gasteiger charge is -2.00. The molecule has 0 saturated carbocycles. The van der Waals surface area contributed by atoms with Gasteiger partial charge in [0, 0.05) is 18.8 Å². The Labute approximate surface area is 80.2 Å². The molecule has 0 saturated heterocycles. The second-order valence-corrected chi connectivity index (χ2v) is 2.97. The first-order chi connectivity index (χ1) is 6.66. The number of aryl methyl sites for hydroxylation is 1. The molecule has 0 aromatic carbocycles. The first kappa shape index (κ1) is 8.68. The lowest BCUT2D eigenvalue weighted by Crippen LogP contribution is -1.94. The van der Waals surface area contributed by atoms with Crippen molar-refractivity contribution in [3.8, 4) is 11.3 Å². The van der Waals surface area contributed by atoms with Gasteiger partial charge in [0.2, 0.25) is 5.95 Å². The topological polar surface area (TPSA) is 56.7 Å². The van der Waals surface area contributed by atoms with Crippen molar-refractivity contribution in [2.45, 2.75) is 0 Å². The highest BCUT2D eigenvalue weighted by Crippen LogP contribution is 2.22. The second-order valence-electron chi connectivity index (χ2n) is 2.97. The van der Waals surface area contributed by atoms with Crippen molar-refractivity contribution in [3.63, 3.8) is 0 Å². The van der Waals surface area contributed by atoms with Gasteiger partial charge < -0.3 is 5.73 Å². The minimum Gasteiger partial charge on any atom is -0.397 e.